The van der Waals surface area contributed by atoms with Crippen molar-refractivity contribution in [3.05, 3.63) is 53.0 Å². The lowest BCUT2D eigenvalue weighted by Gasteiger charge is -2.32. The van der Waals surface area contributed by atoms with Crippen molar-refractivity contribution in [2.75, 3.05) is 32.8 Å². The summed E-state index contributed by atoms with van der Waals surface area (Å²) in [6.07, 6.45) is 8.90. The quantitative estimate of drug-likeness (QED) is 0.288. The van der Waals surface area contributed by atoms with Gasteiger partial charge in [-0.3, -0.25) is 4.79 Å². The monoisotopic (exact) mass is 542 g/mol. The number of likely N-dealkylation sites (tertiary alicyclic amines) is 1. The van der Waals surface area contributed by atoms with E-state index < -0.39 is 0 Å². The van der Waals surface area contributed by atoms with E-state index in [1.165, 1.54) is 38.9 Å². The number of benzene rings is 1. The number of hydrogen-bond donors (Lipinski definition) is 2. The Morgan fingerprint density at radius 1 is 1.18 bits per heavy atom. The van der Waals surface area contributed by atoms with E-state index in [1.807, 2.05) is 4.52 Å². The molecule has 1 atom stereocenters. The molecule has 2 aliphatic heterocycles. The molecule has 3 aromatic heterocycles. The van der Waals surface area contributed by atoms with Gasteiger partial charge in [-0.15, -0.1) is 0 Å². The molecule has 0 bridgehead atoms. The van der Waals surface area contributed by atoms with Gasteiger partial charge in [0.05, 0.1) is 11.8 Å². The molecule has 2 saturated heterocycles. The standard InChI is InChI=1S/C32H42N6O2/c1-20(2)30-26-16-24(23-10-13-37(14-11-23)29(39)9-12-33-17-25-6-5-15-40-25)7-8-28(26)36-31(30)27-18-38-32(34-19-35-38)22(4)21(27)3/h7-8,16,18-20,23,25,33,36H,5-6,9-15,17H2,1-4H3. The third kappa shape index (κ3) is 5.15. The zero-order chi connectivity index (χ0) is 27.8. The first-order valence-corrected chi connectivity index (χ1v) is 15.0. The molecular weight excluding hydrogens is 500 g/mol. The highest BCUT2D eigenvalue weighted by molar-refractivity contribution is 5.92. The number of ether oxygens (including phenoxy) is 1. The lowest BCUT2D eigenvalue weighted by Crippen LogP contribution is -2.39. The van der Waals surface area contributed by atoms with Crippen LogP contribution in [0.15, 0.2) is 30.7 Å². The molecule has 212 valence electrons. The Labute approximate surface area is 236 Å². The Hall–Kier alpha value is -3.23. The van der Waals surface area contributed by atoms with Crippen LogP contribution in [0.1, 0.15) is 80.0 Å². The van der Waals surface area contributed by atoms with Gasteiger partial charge in [0.25, 0.3) is 0 Å². The SMILES string of the molecule is Cc1c(-c2[nH]c3ccc(C4CCN(C(=O)CCNCC5CCCO5)CC4)cc3c2C(C)C)cn2ncnc2c1C. The van der Waals surface area contributed by atoms with E-state index in [0.29, 0.717) is 24.4 Å². The van der Waals surface area contributed by atoms with E-state index in [2.05, 4.69) is 77.4 Å². The van der Waals surface area contributed by atoms with E-state index in [9.17, 15) is 4.79 Å². The van der Waals surface area contributed by atoms with Crippen molar-refractivity contribution in [1.29, 1.82) is 0 Å². The number of carbonyl (C=O) groups excluding carboxylic acids is 1. The van der Waals surface area contributed by atoms with E-state index >= 15 is 0 Å². The van der Waals surface area contributed by atoms with Crippen LogP contribution in [-0.4, -0.2) is 69.3 Å². The molecule has 40 heavy (non-hydrogen) atoms. The number of aryl methyl sites for hydroxylation is 1. The van der Waals surface area contributed by atoms with Gasteiger partial charge in [-0.25, -0.2) is 9.50 Å². The third-order valence-corrected chi connectivity index (χ3v) is 9.07. The van der Waals surface area contributed by atoms with Crippen molar-refractivity contribution in [3.63, 3.8) is 0 Å². The summed E-state index contributed by atoms with van der Waals surface area (Å²) in [6, 6.07) is 6.92. The molecule has 4 aromatic rings. The normalized spacial score (nSPS) is 18.5. The largest absolute Gasteiger partial charge is 0.377 e. The molecule has 8 nitrogen and oxygen atoms in total. The first-order chi connectivity index (χ1) is 19.4. The van der Waals surface area contributed by atoms with E-state index in [4.69, 9.17) is 4.74 Å². The van der Waals surface area contributed by atoms with Gasteiger partial charge >= 0.3 is 0 Å². The summed E-state index contributed by atoms with van der Waals surface area (Å²) in [4.78, 5) is 23.1. The van der Waals surface area contributed by atoms with Crippen LogP contribution >= 0.6 is 0 Å². The number of piperidine rings is 1. The minimum Gasteiger partial charge on any atom is -0.377 e. The van der Waals surface area contributed by atoms with Gasteiger partial charge in [-0.05, 0) is 85.8 Å². The highest BCUT2D eigenvalue weighted by atomic mass is 16.5. The second-order valence-corrected chi connectivity index (χ2v) is 11.9. The predicted octanol–water partition coefficient (Wildman–Crippen LogP) is 5.48. The van der Waals surface area contributed by atoms with Gasteiger partial charge in [0, 0.05) is 61.9 Å². The summed E-state index contributed by atoms with van der Waals surface area (Å²) in [5.41, 5.74) is 9.54. The Bertz CT molecular complexity index is 1500. The topological polar surface area (TPSA) is 87.5 Å². The number of amides is 1. The summed E-state index contributed by atoms with van der Waals surface area (Å²) in [5, 5.41) is 9.13. The maximum absolute atomic E-state index is 12.8. The van der Waals surface area contributed by atoms with Crippen LogP contribution in [0, 0.1) is 13.8 Å². The molecule has 0 spiro atoms. The smallest absolute Gasteiger partial charge is 0.223 e. The van der Waals surface area contributed by atoms with Gasteiger partial charge in [0.1, 0.15) is 6.33 Å². The minimum absolute atomic E-state index is 0.265. The Kier molecular flexibility index (Phi) is 7.64. The van der Waals surface area contributed by atoms with Crippen LogP contribution in [0.5, 0.6) is 0 Å². The molecule has 1 unspecified atom stereocenters. The number of pyridine rings is 1. The minimum atomic E-state index is 0.265. The Balaban J connectivity index is 1.16. The fourth-order valence-electron chi connectivity index (χ4n) is 6.63. The number of nitrogens with one attached hydrogen (secondary N) is 2. The first-order valence-electron chi connectivity index (χ1n) is 15.0. The molecule has 1 amide bonds. The van der Waals surface area contributed by atoms with Crippen LogP contribution in [0.3, 0.4) is 0 Å². The van der Waals surface area contributed by atoms with Crippen LogP contribution in [0.2, 0.25) is 0 Å². The van der Waals surface area contributed by atoms with Gasteiger partial charge in [0.2, 0.25) is 5.91 Å². The molecule has 0 saturated carbocycles. The van der Waals surface area contributed by atoms with E-state index in [-0.39, 0.29) is 5.91 Å². The molecule has 2 N–H and O–H groups in total. The summed E-state index contributed by atoms with van der Waals surface area (Å²) in [7, 11) is 0. The van der Waals surface area contributed by atoms with Crippen molar-refractivity contribution in [1.82, 2.24) is 29.8 Å². The molecule has 2 fully saturated rings. The Morgan fingerprint density at radius 2 is 2.00 bits per heavy atom. The summed E-state index contributed by atoms with van der Waals surface area (Å²) in [5.74, 6) is 1.10. The van der Waals surface area contributed by atoms with Crippen molar-refractivity contribution in [2.24, 2.45) is 0 Å². The van der Waals surface area contributed by atoms with Gasteiger partial charge in [-0.1, -0.05) is 19.9 Å². The second-order valence-electron chi connectivity index (χ2n) is 11.9. The average molecular weight is 543 g/mol. The molecule has 1 aromatic carbocycles. The highest BCUT2D eigenvalue weighted by Crippen LogP contribution is 2.40. The molecule has 2 aliphatic rings. The summed E-state index contributed by atoms with van der Waals surface area (Å²) in [6.45, 7) is 13.0. The van der Waals surface area contributed by atoms with Gasteiger partial charge in [0.15, 0.2) is 5.65 Å². The number of aromatic amines is 1. The van der Waals surface area contributed by atoms with E-state index in [1.54, 1.807) is 6.33 Å². The number of rotatable bonds is 8. The summed E-state index contributed by atoms with van der Waals surface area (Å²) < 4.78 is 7.54. The lowest BCUT2D eigenvalue weighted by molar-refractivity contribution is -0.132. The van der Waals surface area contributed by atoms with Gasteiger partial charge < -0.3 is 19.9 Å². The van der Waals surface area contributed by atoms with Crippen LogP contribution < -0.4 is 5.32 Å². The average Bonchev–Trinajstić information content (AvgIpc) is 3.72. The number of carbonyl (C=O) groups is 1. The van der Waals surface area contributed by atoms with Crippen molar-refractivity contribution >= 4 is 22.5 Å². The Morgan fingerprint density at radius 3 is 2.75 bits per heavy atom. The fourth-order valence-corrected chi connectivity index (χ4v) is 6.63. The molecular formula is C32H42N6O2. The third-order valence-electron chi connectivity index (χ3n) is 9.07. The first kappa shape index (κ1) is 27.0. The molecule has 6 rings (SSSR count). The zero-order valence-electron chi connectivity index (χ0n) is 24.3. The van der Waals surface area contributed by atoms with Gasteiger partial charge in [-0.2, -0.15) is 5.10 Å². The number of hydrogen-bond acceptors (Lipinski definition) is 5. The number of aromatic nitrogens is 4. The predicted molar refractivity (Wildman–Crippen MR) is 159 cm³/mol. The van der Waals surface area contributed by atoms with Crippen LogP contribution in [-0.2, 0) is 9.53 Å². The number of H-pyrrole nitrogens is 1. The van der Waals surface area contributed by atoms with Crippen molar-refractivity contribution in [3.8, 4) is 11.3 Å². The van der Waals surface area contributed by atoms with Crippen molar-refractivity contribution in [2.45, 2.75) is 77.7 Å². The van der Waals surface area contributed by atoms with Crippen LogP contribution in [0.25, 0.3) is 27.8 Å². The molecule has 5 heterocycles. The summed E-state index contributed by atoms with van der Waals surface area (Å²) >= 11 is 0. The number of fused-ring (bicyclic) bond motifs is 2. The highest BCUT2D eigenvalue weighted by Gasteiger charge is 2.26. The fraction of sp³-hybridized carbons (Fsp3) is 0.531. The van der Waals surface area contributed by atoms with Crippen molar-refractivity contribution < 1.29 is 9.53 Å². The molecule has 8 heteroatoms. The molecule has 0 aliphatic carbocycles. The molecule has 0 radical (unpaired) electrons. The maximum atomic E-state index is 12.8. The van der Waals surface area contributed by atoms with Crippen LogP contribution in [0.4, 0.5) is 0 Å². The maximum Gasteiger partial charge on any atom is 0.223 e. The second kappa shape index (κ2) is 11.3. The van der Waals surface area contributed by atoms with E-state index in [0.717, 1.165) is 69.7 Å². The zero-order valence-corrected chi connectivity index (χ0v) is 24.3. The number of nitrogens with zero attached hydrogens (tertiary/aromatic N) is 4. The lowest BCUT2D eigenvalue weighted by atomic mass is 9.87.